The summed E-state index contributed by atoms with van der Waals surface area (Å²) in [5, 5.41) is 14.6. The zero-order valence-corrected chi connectivity index (χ0v) is 19.4. The Hall–Kier alpha value is -3.78. The van der Waals surface area contributed by atoms with Crippen molar-refractivity contribution in [3.05, 3.63) is 75.8 Å². The number of carbonyl (C=O) groups excluding carboxylic acids is 3. The van der Waals surface area contributed by atoms with E-state index in [-0.39, 0.29) is 10.6 Å². The molecular weight excluding hydrogens is 483 g/mol. The zero-order chi connectivity index (χ0) is 25.8. The van der Waals surface area contributed by atoms with Crippen LogP contribution in [-0.4, -0.2) is 30.6 Å². The third-order valence-electron chi connectivity index (χ3n) is 5.27. The first-order valence-electron chi connectivity index (χ1n) is 10.2. The second-order valence-corrected chi connectivity index (χ2v) is 8.60. The van der Waals surface area contributed by atoms with Crippen LogP contribution in [0.15, 0.2) is 59.1 Å². The van der Waals surface area contributed by atoms with Gasteiger partial charge in [-0.2, -0.15) is 18.4 Å². The van der Waals surface area contributed by atoms with Gasteiger partial charge in [0.05, 0.1) is 40.8 Å². The molecule has 35 heavy (non-hydrogen) atoms. The molecule has 0 saturated carbocycles. The molecule has 0 aromatic heterocycles. The van der Waals surface area contributed by atoms with Crippen molar-refractivity contribution in [2.24, 2.45) is 5.92 Å². The van der Waals surface area contributed by atoms with Crippen molar-refractivity contribution in [2.45, 2.75) is 19.0 Å². The van der Waals surface area contributed by atoms with Gasteiger partial charge in [0.1, 0.15) is 5.92 Å². The number of nitrogens with one attached hydrogen (secondary N) is 2. The number of ether oxygens (including phenoxy) is 1. The van der Waals surface area contributed by atoms with Crippen molar-refractivity contribution < 1.29 is 32.3 Å². The second kappa shape index (κ2) is 10.7. The fourth-order valence-electron chi connectivity index (χ4n) is 3.62. The SMILES string of the molecule is COC(=O)[C@@H]1C(=O)NC(SCC(=O)Nc2ccccc2C(F)(F)F)=C(C#N)[C@H]1c1ccc(C)cc1. The summed E-state index contributed by atoms with van der Waals surface area (Å²) in [6.45, 7) is 1.85. The maximum absolute atomic E-state index is 13.2. The number of aryl methyl sites for hydroxylation is 1. The molecule has 2 N–H and O–H groups in total. The van der Waals surface area contributed by atoms with Gasteiger partial charge in [0.15, 0.2) is 0 Å². The maximum atomic E-state index is 13.2. The predicted octanol–water partition coefficient (Wildman–Crippen LogP) is 4.12. The van der Waals surface area contributed by atoms with E-state index in [2.05, 4.69) is 10.6 Å². The number of hydrogen-bond donors (Lipinski definition) is 2. The minimum absolute atomic E-state index is 0.0392. The Kier molecular flexibility index (Phi) is 7.86. The van der Waals surface area contributed by atoms with Gasteiger partial charge in [0, 0.05) is 5.92 Å². The Morgan fingerprint density at radius 3 is 2.43 bits per heavy atom. The van der Waals surface area contributed by atoms with Crippen molar-refractivity contribution in [3.63, 3.8) is 0 Å². The molecule has 1 aliphatic rings. The number of rotatable bonds is 6. The number of esters is 1. The molecule has 2 amide bonds. The van der Waals surface area contributed by atoms with Crippen LogP contribution in [0.4, 0.5) is 18.9 Å². The molecule has 0 spiro atoms. The van der Waals surface area contributed by atoms with Gasteiger partial charge < -0.3 is 15.4 Å². The number of benzene rings is 2. The van der Waals surface area contributed by atoms with Crippen molar-refractivity contribution in [1.29, 1.82) is 5.26 Å². The molecular formula is C24H20F3N3O4S. The fourth-order valence-corrected chi connectivity index (χ4v) is 4.47. The van der Waals surface area contributed by atoms with Crippen molar-refractivity contribution >= 4 is 35.2 Å². The molecule has 182 valence electrons. The zero-order valence-electron chi connectivity index (χ0n) is 18.6. The molecule has 0 bridgehead atoms. The normalized spacial score (nSPS) is 17.9. The lowest BCUT2D eigenvalue weighted by Crippen LogP contribution is -2.44. The predicted molar refractivity (Wildman–Crippen MR) is 123 cm³/mol. The standard InChI is InChI=1S/C24H20F3N3O4S/c1-13-7-9-14(10-8-13)19-15(11-28)22(30-21(32)20(19)23(33)34-2)35-12-18(31)29-17-6-4-3-5-16(17)24(25,26)27/h3-10,19-20H,12H2,1-2H3,(H,29,31)(H,30,32)/t19-,20+/m1/s1. The summed E-state index contributed by atoms with van der Waals surface area (Å²) in [5.41, 5.74) is 0.0885. The summed E-state index contributed by atoms with van der Waals surface area (Å²) in [4.78, 5) is 37.6. The van der Waals surface area contributed by atoms with Crippen LogP contribution >= 0.6 is 11.8 Å². The van der Waals surface area contributed by atoms with Crippen molar-refractivity contribution in [2.75, 3.05) is 18.2 Å². The minimum atomic E-state index is -4.66. The Labute approximate surface area is 203 Å². The molecule has 11 heteroatoms. The Balaban J connectivity index is 1.89. The smallest absolute Gasteiger partial charge is 0.418 e. The molecule has 2 aromatic carbocycles. The quantitative estimate of drug-likeness (QED) is 0.454. The highest BCUT2D eigenvalue weighted by atomic mass is 32.2. The number of alkyl halides is 3. The van der Waals surface area contributed by atoms with Gasteiger partial charge in [-0.1, -0.05) is 53.7 Å². The van der Waals surface area contributed by atoms with E-state index >= 15 is 0 Å². The highest BCUT2D eigenvalue weighted by molar-refractivity contribution is 8.03. The average molecular weight is 504 g/mol. The second-order valence-electron chi connectivity index (χ2n) is 7.61. The van der Waals surface area contributed by atoms with Crippen molar-refractivity contribution in [1.82, 2.24) is 5.32 Å². The lowest BCUT2D eigenvalue weighted by atomic mass is 9.78. The van der Waals surface area contributed by atoms with Gasteiger partial charge in [-0.25, -0.2) is 0 Å². The molecule has 3 rings (SSSR count). The van der Waals surface area contributed by atoms with E-state index in [0.29, 0.717) is 5.56 Å². The lowest BCUT2D eigenvalue weighted by molar-refractivity contribution is -0.150. The molecule has 0 radical (unpaired) electrons. The lowest BCUT2D eigenvalue weighted by Gasteiger charge is -2.31. The Bertz CT molecular complexity index is 1220. The molecule has 1 heterocycles. The number of nitrogens with zero attached hydrogens (tertiary/aromatic N) is 1. The number of allylic oxidation sites excluding steroid dienone is 1. The molecule has 7 nitrogen and oxygen atoms in total. The first-order valence-corrected chi connectivity index (χ1v) is 11.2. The van der Waals surface area contributed by atoms with Crippen LogP contribution in [0, 0.1) is 24.2 Å². The number of hydrogen-bond acceptors (Lipinski definition) is 6. The minimum Gasteiger partial charge on any atom is -0.468 e. The van der Waals surface area contributed by atoms with Gasteiger partial charge in [0.25, 0.3) is 0 Å². The number of halogens is 3. The van der Waals surface area contributed by atoms with Gasteiger partial charge in [-0.15, -0.1) is 0 Å². The number of methoxy groups -OCH3 is 1. The number of nitriles is 1. The van der Waals surface area contributed by atoms with E-state index in [0.717, 1.165) is 36.6 Å². The Morgan fingerprint density at radius 2 is 1.83 bits per heavy atom. The van der Waals surface area contributed by atoms with E-state index in [4.69, 9.17) is 4.74 Å². The van der Waals surface area contributed by atoms with Crippen molar-refractivity contribution in [3.8, 4) is 6.07 Å². The van der Waals surface area contributed by atoms with Crippen LogP contribution in [0.25, 0.3) is 0 Å². The van der Waals surface area contributed by atoms with E-state index in [1.165, 1.54) is 12.1 Å². The molecule has 2 atom stereocenters. The third-order valence-corrected chi connectivity index (χ3v) is 6.29. The van der Waals surface area contributed by atoms with Crippen LogP contribution in [0.3, 0.4) is 0 Å². The largest absolute Gasteiger partial charge is 0.468 e. The summed E-state index contributed by atoms with van der Waals surface area (Å²) in [6, 6.07) is 13.5. The van der Waals surface area contributed by atoms with Crippen LogP contribution in [-0.2, 0) is 25.3 Å². The maximum Gasteiger partial charge on any atom is 0.418 e. The van der Waals surface area contributed by atoms with Gasteiger partial charge in [0.2, 0.25) is 11.8 Å². The van der Waals surface area contributed by atoms with Gasteiger partial charge in [-0.3, -0.25) is 14.4 Å². The van der Waals surface area contributed by atoms with E-state index < -0.39 is 52.8 Å². The molecule has 0 fully saturated rings. The van der Waals surface area contributed by atoms with E-state index in [9.17, 15) is 32.8 Å². The number of carbonyl (C=O) groups is 3. The summed E-state index contributed by atoms with van der Waals surface area (Å²) in [5.74, 6) is -4.99. The van der Waals surface area contributed by atoms with E-state index in [1.807, 2.05) is 13.0 Å². The van der Waals surface area contributed by atoms with Gasteiger partial charge in [-0.05, 0) is 24.6 Å². The topological polar surface area (TPSA) is 108 Å². The first kappa shape index (κ1) is 25.8. The number of para-hydroxylation sites is 1. The molecule has 0 unspecified atom stereocenters. The van der Waals surface area contributed by atoms with E-state index in [1.54, 1.807) is 24.3 Å². The highest BCUT2D eigenvalue weighted by Gasteiger charge is 2.44. The number of anilines is 1. The van der Waals surface area contributed by atoms with Crippen LogP contribution in [0.1, 0.15) is 22.6 Å². The summed E-state index contributed by atoms with van der Waals surface area (Å²) in [6.07, 6.45) is -4.66. The third kappa shape index (κ3) is 5.84. The summed E-state index contributed by atoms with van der Waals surface area (Å²) >= 11 is 0.777. The average Bonchev–Trinajstić information content (AvgIpc) is 2.82. The van der Waals surface area contributed by atoms with Crippen LogP contribution < -0.4 is 10.6 Å². The number of amides is 2. The number of thioether (sulfide) groups is 1. The van der Waals surface area contributed by atoms with Gasteiger partial charge >= 0.3 is 12.1 Å². The molecule has 0 aliphatic carbocycles. The van der Waals surface area contributed by atoms with Crippen LogP contribution in [0.2, 0.25) is 0 Å². The molecule has 0 saturated heterocycles. The Morgan fingerprint density at radius 1 is 1.17 bits per heavy atom. The molecule has 1 aliphatic heterocycles. The molecule has 2 aromatic rings. The monoisotopic (exact) mass is 503 g/mol. The fraction of sp³-hybridized carbons (Fsp3) is 0.250. The van der Waals surface area contributed by atoms with Crippen LogP contribution in [0.5, 0.6) is 0 Å². The first-order chi connectivity index (χ1) is 16.6. The highest BCUT2D eigenvalue weighted by Crippen LogP contribution is 2.40. The summed E-state index contributed by atoms with van der Waals surface area (Å²) < 4.78 is 44.3. The summed E-state index contributed by atoms with van der Waals surface area (Å²) in [7, 11) is 1.13.